The largest absolute Gasteiger partial charge is 0.477 e. The van der Waals surface area contributed by atoms with E-state index in [-0.39, 0.29) is 22.2 Å². The molecule has 2 amide bonds. The number of nitrogens with two attached hydrogens (primary N) is 1. The molecule has 0 aliphatic carbocycles. The molecule has 0 aromatic carbocycles. The summed E-state index contributed by atoms with van der Waals surface area (Å²) in [6.45, 7) is 1.90. The third-order valence-electron chi connectivity index (χ3n) is 3.82. The maximum atomic E-state index is 12.5. The van der Waals surface area contributed by atoms with Gasteiger partial charge in [0.25, 0.3) is 11.8 Å². The van der Waals surface area contributed by atoms with Gasteiger partial charge in [0.2, 0.25) is 0 Å². The molecular weight excluding hydrogens is 414 g/mol. The lowest BCUT2D eigenvalue weighted by Gasteiger charge is -2.49. The maximum Gasteiger partial charge on any atom is 0.353 e. The Morgan fingerprint density at radius 2 is 2.30 bits per heavy atom. The van der Waals surface area contributed by atoms with Gasteiger partial charge in [0.1, 0.15) is 22.8 Å². The van der Waals surface area contributed by atoms with E-state index in [9.17, 15) is 19.5 Å². The molecular formula is C14H15N5O5S3. The lowest BCUT2D eigenvalue weighted by molar-refractivity contribution is -0.150. The molecule has 3 heterocycles. The summed E-state index contributed by atoms with van der Waals surface area (Å²) in [4.78, 5) is 42.2. The van der Waals surface area contributed by atoms with Gasteiger partial charge in [-0.05, 0) is 5.75 Å². The molecule has 0 radical (unpaired) electrons. The van der Waals surface area contributed by atoms with E-state index in [1.54, 1.807) is 0 Å². The molecule has 1 aromatic rings. The topological polar surface area (TPSA) is 158 Å². The van der Waals surface area contributed by atoms with Crippen LogP contribution in [0.3, 0.4) is 0 Å². The van der Waals surface area contributed by atoms with Crippen LogP contribution in [-0.2, 0) is 14.4 Å². The van der Waals surface area contributed by atoms with Crippen molar-refractivity contribution < 1.29 is 24.7 Å². The van der Waals surface area contributed by atoms with Crippen LogP contribution in [0.4, 0.5) is 5.13 Å². The minimum absolute atomic E-state index is 0.0376. The molecule has 0 saturated carbocycles. The number of aliphatic carboxylic acids is 1. The Labute approximate surface area is 165 Å². The summed E-state index contributed by atoms with van der Waals surface area (Å²) in [7, 11) is 0. The van der Waals surface area contributed by atoms with Gasteiger partial charge in [-0.3, -0.25) is 14.5 Å². The predicted molar refractivity (Wildman–Crippen MR) is 103 cm³/mol. The highest BCUT2D eigenvalue weighted by Crippen LogP contribution is 2.43. The Morgan fingerprint density at radius 1 is 1.56 bits per heavy atom. The van der Waals surface area contributed by atoms with Crippen molar-refractivity contribution in [1.82, 2.24) is 15.2 Å². The normalized spacial score (nSPS) is 22.3. The number of β-lactam (4-membered cyclic amide) rings is 1. The van der Waals surface area contributed by atoms with E-state index < -0.39 is 29.2 Å². The molecule has 2 aliphatic rings. The zero-order valence-electron chi connectivity index (χ0n) is 13.9. The number of hydrogen-bond donors (Lipinski definition) is 4. The molecule has 5 N–H and O–H groups in total. The highest BCUT2D eigenvalue weighted by molar-refractivity contribution is 8.06. The minimum atomic E-state index is -1.18. The van der Waals surface area contributed by atoms with Gasteiger partial charge >= 0.3 is 5.97 Å². The molecule has 1 fully saturated rings. The summed E-state index contributed by atoms with van der Waals surface area (Å²) in [6, 6.07) is -0.919. The average Bonchev–Trinajstić information content (AvgIpc) is 3.05. The number of nitrogens with one attached hydrogen (secondary N) is 1. The molecule has 144 valence electrons. The van der Waals surface area contributed by atoms with Crippen molar-refractivity contribution >= 4 is 63.5 Å². The van der Waals surface area contributed by atoms with Gasteiger partial charge in [0, 0.05) is 16.0 Å². The molecule has 0 bridgehead atoms. The van der Waals surface area contributed by atoms with Gasteiger partial charge in [-0.15, -0.1) is 34.9 Å². The third kappa shape index (κ3) is 3.49. The number of hydrogen-bond acceptors (Lipinski definition) is 10. The second kappa shape index (κ2) is 7.78. The summed E-state index contributed by atoms with van der Waals surface area (Å²) < 4.78 is 0. The van der Waals surface area contributed by atoms with E-state index in [4.69, 9.17) is 10.9 Å². The molecule has 1 unspecified atom stereocenters. The Bertz CT molecular complexity index is 867. The van der Waals surface area contributed by atoms with Gasteiger partial charge in [-0.2, -0.15) is 0 Å². The number of nitrogens with zero attached hydrogens (tertiary/aromatic N) is 3. The number of nitrogen functional groups attached to an aromatic ring is 1. The first-order chi connectivity index (χ1) is 12.9. The van der Waals surface area contributed by atoms with E-state index in [2.05, 4.69) is 15.5 Å². The number of carbonyl (C=O) groups excluding carboxylic acids is 2. The Morgan fingerprint density at radius 3 is 2.85 bits per heavy atom. The van der Waals surface area contributed by atoms with Crippen LogP contribution in [-0.4, -0.2) is 66.6 Å². The van der Waals surface area contributed by atoms with Crippen molar-refractivity contribution in [2.75, 3.05) is 17.2 Å². The molecule has 0 spiro atoms. The van der Waals surface area contributed by atoms with Crippen LogP contribution < -0.4 is 11.1 Å². The lowest BCUT2D eigenvalue weighted by Crippen LogP contribution is -2.71. The number of amides is 2. The van der Waals surface area contributed by atoms with Crippen molar-refractivity contribution in [1.29, 1.82) is 0 Å². The fourth-order valence-corrected chi connectivity index (χ4v) is 5.64. The molecule has 1 aromatic heterocycles. The first-order valence-corrected chi connectivity index (χ1v) is 10.6. The molecule has 1 saturated heterocycles. The predicted octanol–water partition coefficient (Wildman–Crippen LogP) is 0.353. The standard InChI is InChI=1S/C14H15N5O5S3/c1-2-25-6-4-26-12-8(11(21)19(12)9(6)13(22)23)17-10(20)7(18-24)5-3-27-14(15)16-5/h3,8,12,24H,2,4H2,1H3,(H2,15,16)(H,17,20)(H,22,23)/b18-7-/t8?,12-/m1/s1. The van der Waals surface area contributed by atoms with Crippen LogP contribution in [0, 0.1) is 0 Å². The van der Waals surface area contributed by atoms with Gasteiger partial charge in [0.05, 0.1) is 0 Å². The number of carbonyl (C=O) groups is 3. The van der Waals surface area contributed by atoms with Crippen LogP contribution in [0.1, 0.15) is 12.6 Å². The van der Waals surface area contributed by atoms with E-state index in [0.717, 1.165) is 11.3 Å². The van der Waals surface area contributed by atoms with Crippen LogP contribution in [0.5, 0.6) is 0 Å². The Hall–Kier alpha value is -2.25. The van der Waals surface area contributed by atoms with Crippen molar-refractivity contribution in [3.05, 3.63) is 21.7 Å². The van der Waals surface area contributed by atoms with Crippen molar-refractivity contribution in [2.45, 2.75) is 18.3 Å². The van der Waals surface area contributed by atoms with E-state index in [0.29, 0.717) is 16.4 Å². The minimum Gasteiger partial charge on any atom is -0.477 e. The number of carboxylic acid groups (broad SMARTS) is 1. The molecule has 27 heavy (non-hydrogen) atoms. The highest BCUT2D eigenvalue weighted by atomic mass is 32.2. The first kappa shape index (κ1) is 19.5. The van der Waals surface area contributed by atoms with Crippen molar-refractivity contribution in [2.24, 2.45) is 5.16 Å². The fraction of sp³-hybridized carbons (Fsp3) is 0.357. The zero-order chi connectivity index (χ0) is 19.7. The second-order valence-electron chi connectivity index (χ2n) is 5.39. The lowest BCUT2D eigenvalue weighted by atomic mass is 10.0. The number of thioether (sulfide) groups is 2. The molecule has 10 nitrogen and oxygen atoms in total. The number of carboxylic acids is 1. The summed E-state index contributed by atoms with van der Waals surface area (Å²) in [5, 5.41) is 25.2. The monoisotopic (exact) mass is 429 g/mol. The van der Waals surface area contributed by atoms with Crippen LogP contribution in [0.25, 0.3) is 0 Å². The number of aromatic nitrogens is 1. The summed E-state index contributed by atoms with van der Waals surface area (Å²) in [5.41, 5.74) is 5.19. The smallest absolute Gasteiger partial charge is 0.353 e. The van der Waals surface area contributed by atoms with Gasteiger partial charge in [-0.25, -0.2) is 9.78 Å². The number of anilines is 1. The highest BCUT2D eigenvalue weighted by Gasteiger charge is 2.54. The fourth-order valence-electron chi connectivity index (χ4n) is 2.69. The first-order valence-electron chi connectivity index (χ1n) is 7.67. The van der Waals surface area contributed by atoms with Gasteiger partial charge in [-0.1, -0.05) is 12.1 Å². The van der Waals surface area contributed by atoms with Crippen molar-refractivity contribution in [3.63, 3.8) is 0 Å². The molecule has 13 heteroatoms. The second-order valence-corrected chi connectivity index (χ2v) is 8.74. The summed E-state index contributed by atoms with van der Waals surface area (Å²) in [6.07, 6.45) is 0. The SMILES string of the molecule is CCSC1=C(C(=O)O)N2C(=O)C(NC(=O)/C(=N\O)c3csc(N)n3)[C@H]2SC1. The number of oxime groups is 1. The van der Waals surface area contributed by atoms with Crippen LogP contribution in [0.15, 0.2) is 21.1 Å². The van der Waals surface area contributed by atoms with Gasteiger partial charge in [0.15, 0.2) is 10.8 Å². The number of fused-ring (bicyclic) bond motifs is 1. The number of thiazole rings is 1. The quantitative estimate of drug-likeness (QED) is 0.217. The van der Waals surface area contributed by atoms with E-state index in [1.165, 1.54) is 33.8 Å². The molecule has 2 atom stereocenters. The Balaban J connectivity index is 1.77. The van der Waals surface area contributed by atoms with Gasteiger partial charge < -0.3 is 21.4 Å². The summed E-state index contributed by atoms with van der Waals surface area (Å²) in [5.74, 6) is -1.37. The van der Waals surface area contributed by atoms with Crippen LogP contribution in [0.2, 0.25) is 0 Å². The average molecular weight is 430 g/mol. The molecule has 3 rings (SSSR count). The maximum absolute atomic E-state index is 12.5. The van der Waals surface area contributed by atoms with Crippen LogP contribution >= 0.6 is 34.9 Å². The zero-order valence-corrected chi connectivity index (χ0v) is 16.4. The van der Waals surface area contributed by atoms with Crippen molar-refractivity contribution in [3.8, 4) is 0 Å². The Kier molecular flexibility index (Phi) is 5.62. The number of rotatable bonds is 6. The molecule has 2 aliphatic heterocycles. The van der Waals surface area contributed by atoms with E-state index >= 15 is 0 Å². The third-order valence-corrected chi connectivity index (χ3v) is 6.93. The summed E-state index contributed by atoms with van der Waals surface area (Å²) >= 11 is 3.82. The van der Waals surface area contributed by atoms with E-state index in [1.807, 2.05) is 6.92 Å².